The maximum absolute atomic E-state index is 2.43. The highest BCUT2D eigenvalue weighted by atomic mass is 14.1. The van der Waals surface area contributed by atoms with Crippen LogP contribution in [0.2, 0.25) is 0 Å². The second-order valence-electron chi connectivity index (χ2n) is 13.5. The van der Waals surface area contributed by atoms with Gasteiger partial charge in [0.1, 0.15) is 0 Å². The van der Waals surface area contributed by atoms with Gasteiger partial charge in [0.2, 0.25) is 0 Å². The smallest absolute Gasteiger partial charge is 0.0417 e. The Balaban J connectivity index is 3.42. The van der Waals surface area contributed by atoms with Crippen LogP contribution in [0, 0.1) is 11.8 Å². The summed E-state index contributed by atoms with van der Waals surface area (Å²) in [5.41, 5.74) is 0. The molecule has 0 heteroatoms. The average Bonchev–Trinajstić information content (AvgIpc) is 2.95. The van der Waals surface area contributed by atoms with Crippen LogP contribution in [-0.2, 0) is 0 Å². The summed E-state index contributed by atoms with van der Waals surface area (Å²) in [7, 11) is 0. The molecule has 39 heavy (non-hydrogen) atoms. The van der Waals surface area contributed by atoms with Gasteiger partial charge in [0, 0.05) is 0 Å². The van der Waals surface area contributed by atoms with Crippen LogP contribution in [0.4, 0.5) is 0 Å². The molecule has 0 aliphatic heterocycles. The zero-order chi connectivity index (χ0) is 28.5. The Morgan fingerprint density at radius 2 is 0.410 bits per heavy atom. The number of hydrogen-bond donors (Lipinski definition) is 0. The summed E-state index contributed by atoms with van der Waals surface area (Å²) >= 11 is 0. The molecule has 0 aromatic carbocycles. The van der Waals surface area contributed by atoms with Crippen molar-refractivity contribution in [1.29, 1.82) is 0 Å². The van der Waals surface area contributed by atoms with Crippen LogP contribution in [0.5, 0.6) is 0 Å². The van der Waals surface area contributed by atoms with Gasteiger partial charge in [0.05, 0.1) is 0 Å². The first-order valence-corrected chi connectivity index (χ1v) is 19.3. The molecule has 0 fully saturated rings. The van der Waals surface area contributed by atoms with E-state index < -0.39 is 0 Å². The molecule has 0 bridgehead atoms. The maximum atomic E-state index is 2.43. The summed E-state index contributed by atoms with van der Waals surface area (Å²) in [6.45, 7) is 9.49. The lowest BCUT2D eigenvalue weighted by molar-refractivity contribution is 0.387. The minimum Gasteiger partial charge on any atom is -0.0654 e. The Morgan fingerprint density at radius 3 is 0.590 bits per heavy atom. The summed E-state index contributed by atoms with van der Waals surface area (Å²) in [6, 6.07) is 0. The summed E-state index contributed by atoms with van der Waals surface area (Å²) in [4.78, 5) is 0. The zero-order valence-corrected chi connectivity index (χ0v) is 28.5. The largest absolute Gasteiger partial charge is 0.0654 e. The Kier molecular flexibility index (Phi) is 34.2. The van der Waals surface area contributed by atoms with E-state index in [0.29, 0.717) is 0 Å². The number of hydrogen-bond acceptors (Lipinski definition) is 0. The topological polar surface area (TPSA) is 0 Å². The van der Waals surface area contributed by atoms with Gasteiger partial charge in [-0.05, 0) is 11.8 Å². The predicted molar refractivity (Wildman–Crippen MR) is 182 cm³/mol. The highest BCUT2D eigenvalue weighted by Crippen LogP contribution is 2.23. The monoisotopic (exact) mass is 549 g/mol. The molecule has 0 aliphatic carbocycles. The van der Waals surface area contributed by atoms with Gasteiger partial charge >= 0.3 is 0 Å². The molecule has 0 nitrogen and oxygen atoms in total. The van der Waals surface area contributed by atoms with Crippen molar-refractivity contribution < 1.29 is 0 Å². The van der Waals surface area contributed by atoms with Crippen LogP contribution in [0.25, 0.3) is 0 Å². The lowest BCUT2D eigenvalue weighted by atomic mass is 9.91. The second kappa shape index (κ2) is 34.2. The first-order valence-electron chi connectivity index (χ1n) is 19.3. The van der Waals surface area contributed by atoms with Crippen LogP contribution in [0.15, 0.2) is 0 Å². The molecule has 0 aromatic rings. The zero-order valence-electron chi connectivity index (χ0n) is 28.5. The number of unbranched alkanes of at least 4 members (excludes halogenated alkanes) is 24. The Hall–Kier alpha value is 0. The molecular formula is C39H80. The summed E-state index contributed by atoms with van der Waals surface area (Å²) in [5.74, 6) is 2.03. The highest BCUT2D eigenvalue weighted by molar-refractivity contribution is 4.61. The van der Waals surface area contributed by atoms with E-state index >= 15 is 0 Å². The first kappa shape index (κ1) is 39.0. The van der Waals surface area contributed by atoms with Crippen molar-refractivity contribution >= 4 is 0 Å². The average molecular weight is 549 g/mol. The van der Waals surface area contributed by atoms with Gasteiger partial charge in [0.15, 0.2) is 0 Å². The van der Waals surface area contributed by atoms with Gasteiger partial charge in [-0.3, -0.25) is 0 Å². The number of rotatable bonds is 34. The quantitative estimate of drug-likeness (QED) is 0.0701. The molecule has 0 aromatic heterocycles. The third-order valence-electron chi connectivity index (χ3n) is 9.81. The van der Waals surface area contributed by atoms with E-state index in [1.54, 1.807) is 0 Å². The molecule has 0 radical (unpaired) electrons. The van der Waals surface area contributed by atoms with Crippen LogP contribution in [0.3, 0.4) is 0 Å². The molecule has 0 spiro atoms. The SMILES string of the molecule is CCCCCCCCCCCCCC(CC)CCCCCCCCCCC(CC)CCCCCCCCCC. The molecule has 236 valence electrons. The summed E-state index contributed by atoms with van der Waals surface area (Å²) < 4.78 is 0. The molecule has 0 saturated carbocycles. The van der Waals surface area contributed by atoms with Crippen molar-refractivity contribution in [2.24, 2.45) is 11.8 Å². The minimum atomic E-state index is 1.01. The summed E-state index contributed by atoms with van der Waals surface area (Å²) in [6.07, 6.45) is 48.7. The van der Waals surface area contributed by atoms with E-state index in [-0.39, 0.29) is 0 Å². The van der Waals surface area contributed by atoms with Crippen molar-refractivity contribution in [2.75, 3.05) is 0 Å². The standard InChI is InChI=1S/C39H80/c1-5-9-11-13-15-17-18-19-23-27-31-35-39(8-4)37-33-29-25-21-20-24-28-32-36-38(7-3)34-30-26-22-16-14-12-10-6-2/h38-39H,5-37H2,1-4H3. The van der Waals surface area contributed by atoms with Crippen molar-refractivity contribution in [3.8, 4) is 0 Å². The normalized spacial score (nSPS) is 13.2. The van der Waals surface area contributed by atoms with Gasteiger partial charge in [-0.15, -0.1) is 0 Å². The fraction of sp³-hybridized carbons (Fsp3) is 1.00. The maximum Gasteiger partial charge on any atom is -0.0417 e. The second-order valence-corrected chi connectivity index (χ2v) is 13.5. The van der Waals surface area contributed by atoms with E-state index in [4.69, 9.17) is 0 Å². The predicted octanol–water partition coefficient (Wildman–Crippen LogP) is 15.2. The van der Waals surface area contributed by atoms with E-state index in [2.05, 4.69) is 27.7 Å². The Bertz CT molecular complexity index is 412. The van der Waals surface area contributed by atoms with Crippen molar-refractivity contribution in [1.82, 2.24) is 0 Å². The molecule has 0 amide bonds. The van der Waals surface area contributed by atoms with E-state index in [1.807, 2.05) is 0 Å². The van der Waals surface area contributed by atoms with Gasteiger partial charge < -0.3 is 0 Å². The van der Waals surface area contributed by atoms with Crippen molar-refractivity contribution in [3.63, 3.8) is 0 Å². The lowest BCUT2D eigenvalue weighted by Gasteiger charge is -2.15. The van der Waals surface area contributed by atoms with Gasteiger partial charge in [-0.1, -0.05) is 240 Å². The van der Waals surface area contributed by atoms with Crippen LogP contribution >= 0.6 is 0 Å². The van der Waals surface area contributed by atoms with E-state index in [9.17, 15) is 0 Å². The first-order chi connectivity index (χ1) is 19.3. The molecule has 2 unspecified atom stereocenters. The molecule has 0 heterocycles. The van der Waals surface area contributed by atoms with Crippen molar-refractivity contribution in [2.45, 2.75) is 240 Å². The highest BCUT2D eigenvalue weighted by Gasteiger charge is 2.07. The fourth-order valence-corrected chi connectivity index (χ4v) is 6.70. The van der Waals surface area contributed by atoms with E-state index in [0.717, 1.165) is 11.8 Å². The van der Waals surface area contributed by atoms with Crippen LogP contribution in [0.1, 0.15) is 240 Å². The molecule has 0 saturated heterocycles. The Labute approximate surface area is 251 Å². The Morgan fingerprint density at radius 1 is 0.231 bits per heavy atom. The van der Waals surface area contributed by atoms with Crippen molar-refractivity contribution in [3.05, 3.63) is 0 Å². The lowest BCUT2D eigenvalue weighted by Crippen LogP contribution is -1.99. The fourth-order valence-electron chi connectivity index (χ4n) is 6.70. The van der Waals surface area contributed by atoms with Crippen LogP contribution in [-0.4, -0.2) is 0 Å². The van der Waals surface area contributed by atoms with Gasteiger partial charge in [-0.2, -0.15) is 0 Å². The van der Waals surface area contributed by atoms with Gasteiger partial charge in [-0.25, -0.2) is 0 Å². The molecule has 2 atom stereocenters. The molecule has 0 N–H and O–H groups in total. The molecule has 0 aliphatic rings. The summed E-state index contributed by atoms with van der Waals surface area (Å²) in [5, 5.41) is 0. The third kappa shape index (κ3) is 30.8. The molecule has 0 rings (SSSR count). The van der Waals surface area contributed by atoms with E-state index in [1.165, 1.54) is 212 Å². The third-order valence-corrected chi connectivity index (χ3v) is 9.81. The minimum absolute atomic E-state index is 1.01. The van der Waals surface area contributed by atoms with Gasteiger partial charge in [0.25, 0.3) is 0 Å². The molecular weight excluding hydrogens is 468 g/mol. The van der Waals surface area contributed by atoms with Crippen LogP contribution < -0.4 is 0 Å².